The zero-order valence-corrected chi connectivity index (χ0v) is 14.2. The van der Waals surface area contributed by atoms with Gasteiger partial charge in [0.1, 0.15) is 6.04 Å². The summed E-state index contributed by atoms with van der Waals surface area (Å²) in [6.45, 7) is 1.50. The fraction of sp³-hybridized carbons (Fsp3) is 0.889. The number of fused-ring (bicyclic) bond motifs is 2. The number of nitrogens with two attached hydrogens (primary N) is 1. The Hall–Kier alpha value is -1.10. The molecule has 0 aromatic heterocycles. The molecule has 3 fully saturated rings. The van der Waals surface area contributed by atoms with Crippen molar-refractivity contribution >= 4 is 11.8 Å². The van der Waals surface area contributed by atoms with Crippen molar-refractivity contribution in [2.24, 2.45) is 23.5 Å². The monoisotopic (exact) mass is 321 g/mol. The first kappa shape index (κ1) is 16.7. The van der Waals surface area contributed by atoms with Gasteiger partial charge in [0.05, 0.1) is 0 Å². The number of carbonyl (C=O) groups is 2. The summed E-state index contributed by atoms with van der Waals surface area (Å²) < 4.78 is 0. The number of hydrogen-bond acceptors (Lipinski definition) is 3. The summed E-state index contributed by atoms with van der Waals surface area (Å²) in [6.07, 6.45) is 10.1. The van der Waals surface area contributed by atoms with Gasteiger partial charge in [0.25, 0.3) is 0 Å². The van der Waals surface area contributed by atoms with Gasteiger partial charge in [-0.2, -0.15) is 0 Å². The first-order valence-electron chi connectivity index (χ1n) is 9.37. The molecule has 0 saturated heterocycles. The third-order valence-corrected chi connectivity index (χ3v) is 6.20. The Morgan fingerprint density at radius 2 is 1.61 bits per heavy atom. The van der Waals surface area contributed by atoms with E-state index in [0.29, 0.717) is 23.8 Å². The molecule has 3 aliphatic carbocycles. The molecule has 130 valence electrons. The van der Waals surface area contributed by atoms with Crippen LogP contribution in [0.2, 0.25) is 0 Å². The van der Waals surface area contributed by atoms with Crippen LogP contribution in [0, 0.1) is 17.8 Å². The molecule has 3 atom stereocenters. The molecule has 0 heterocycles. The summed E-state index contributed by atoms with van der Waals surface area (Å²) >= 11 is 0. The van der Waals surface area contributed by atoms with E-state index in [4.69, 9.17) is 5.73 Å². The lowest BCUT2D eigenvalue weighted by Crippen LogP contribution is -2.58. The van der Waals surface area contributed by atoms with Crippen LogP contribution in [0.5, 0.6) is 0 Å². The minimum atomic E-state index is -0.355. The Morgan fingerprint density at radius 3 is 2.17 bits per heavy atom. The van der Waals surface area contributed by atoms with Crippen LogP contribution in [0.15, 0.2) is 0 Å². The quantitative estimate of drug-likeness (QED) is 0.737. The SMILES string of the molecule is CC(=O)NC(C(=O)NC1C2CCCC1CC(N)C2)C1CCCC1. The van der Waals surface area contributed by atoms with Gasteiger partial charge >= 0.3 is 0 Å². The molecule has 5 heteroatoms. The minimum absolute atomic E-state index is 0.0319. The maximum absolute atomic E-state index is 12.9. The fourth-order valence-electron chi connectivity index (χ4n) is 5.19. The summed E-state index contributed by atoms with van der Waals surface area (Å²) in [7, 11) is 0. The second-order valence-corrected chi connectivity index (χ2v) is 7.94. The average molecular weight is 321 g/mol. The molecule has 3 aliphatic rings. The van der Waals surface area contributed by atoms with E-state index in [1.54, 1.807) is 0 Å². The Kier molecular flexibility index (Phi) is 5.24. The highest BCUT2D eigenvalue weighted by Crippen LogP contribution is 2.40. The van der Waals surface area contributed by atoms with Crippen molar-refractivity contribution in [2.75, 3.05) is 0 Å². The van der Waals surface area contributed by atoms with Gasteiger partial charge in [-0.15, -0.1) is 0 Å². The largest absolute Gasteiger partial charge is 0.351 e. The number of carbonyl (C=O) groups excluding carboxylic acids is 2. The van der Waals surface area contributed by atoms with Crippen LogP contribution in [-0.4, -0.2) is 29.9 Å². The molecular weight excluding hydrogens is 290 g/mol. The Bertz CT molecular complexity index is 434. The van der Waals surface area contributed by atoms with Crippen LogP contribution in [0.3, 0.4) is 0 Å². The normalized spacial score (nSPS) is 35.6. The second kappa shape index (κ2) is 7.20. The lowest BCUT2D eigenvalue weighted by molar-refractivity contribution is -0.131. The topological polar surface area (TPSA) is 84.2 Å². The Morgan fingerprint density at radius 1 is 1.00 bits per heavy atom. The summed E-state index contributed by atoms with van der Waals surface area (Å²) in [5.41, 5.74) is 6.17. The lowest BCUT2D eigenvalue weighted by atomic mass is 9.67. The van der Waals surface area contributed by atoms with Crippen LogP contribution in [0.25, 0.3) is 0 Å². The summed E-state index contributed by atoms with van der Waals surface area (Å²) in [6, 6.07) is 0.194. The Balaban J connectivity index is 1.66. The van der Waals surface area contributed by atoms with Crippen molar-refractivity contribution in [3.63, 3.8) is 0 Å². The van der Waals surface area contributed by atoms with Crippen molar-refractivity contribution in [1.29, 1.82) is 0 Å². The predicted octanol–water partition coefficient (Wildman–Crippen LogP) is 1.70. The molecule has 0 aromatic rings. The summed E-state index contributed by atoms with van der Waals surface area (Å²) in [5.74, 6) is 1.25. The van der Waals surface area contributed by atoms with E-state index in [0.717, 1.165) is 38.5 Å². The molecule has 0 aliphatic heterocycles. The average Bonchev–Trinajstić information content (AvgIpc) is 2.99. The molecule has 2 bridgehead atoms. The molecule has 3 rings (SSSR count). The van der Waals surface area contributed by atoms with Gasteiger partial charge in [0.15, 0.2) is 0 Å². The second-order valence-electron chi connectivity index (χ2n) is 7.94. The van der Waals surface area contributed by atoms with E-state index in [2.05, 4.69) is 10.6 Å². The number of nitrogens with one attached hydrogen (secondary N) is 2. The van der Waals surface area contributed by atoms with E-state index >= 15 is 0 Å². The zero-order valence-electron chi connectivity index (χ0n) is 14.2. The molecule has 3 saturated carbocycles. The predicted molar refractivity (Wildman–Crippen MR) is 89.5 cm³/mol. The number of amides is 2. The van der Waals surface area contributed by atoms with Crippen molar-refractivity contribution in [3.05, 3.63) is 0 Å². The van der Waals surface area contributed by atoms with Crippen LogP contribution < -0.4 is 16.4 Å². The van der Waals surface area contributed by atoms with E-state index in [-0.39, 0.29) is 23.9 Å². The standard InChI is InChI=1S/C18H31N3O2/c1-11(22)20-17(12-5-2-3-6-12)18(23)21-16-13-7-4-8-14(16)10-15(19)9-13/h12-17H,2-10,19H2,1H3,(H,20,22)(H,21,23). The molecule has 0 radical (unpaired) electrons. The number of rotatable bonds is 4. The third kappa shape index (κ3) is 3.87. The first-order chi connectivity index (χ1) is 11.0. The van der Waals surface area contributed by atoms with Gasteiger partial charge in [-0.05, 0) is 56.3 Å². The van der Waals surface area contributed by atoms with E-state index < -0.39 is 0 Å². The minimum Gasteiger partial charge on any atom is -0.351 e. The first-order valence-corrected chi connectivity index (χ1v) is 9.37. The van der Waals surface area contributed by atoms with Crippen molar-refractivity contribution in [3.8, 4) is 0 Å². The molecule has 5 nitrogen and oxygen atoms in total. The molecule has 0 spiro atoms. The lowest BCUT2D eigenvalue weighted by Gasteiger charge is -2.45. The van der Waals surface area contributed by atoms with Gasteiger partial charge < -0.3 is 16.4 Å². The molecule has 23 heavy (non-hydrogen) atoms. The van der Waals surface area contributed by atoms with Gasteiger partial charge in [0.2, 0.25) is 11.8 Å². The molecule has 4 N–H and O–H groups in total. The van der Waals surface area contributed by atoms with Crippen LogP contribution in [0.1, 0.15) is 64.7 Å². The zero-order chi connectivity index (χ0) is 16.4. The summed E-state index contributed by atoms with van der Waals surface area (Å²) in [4.78, 5) is 24.4. The maximum Gasteiger partial charge on any atom is 0.243 e. The van der Waals surface area contributed by atoms with Gasteiger partial charge in [-0.1, -0.05) is 19.3 Å². The molecular formula is C18H31N3O2. The van der Waals surface area contributed by atoms with Crippen molar-refractivity contribution in [2.45, 2.75) is 82.8 Å². The highest BCUT2D eigenvalue weighted by Gasteiger charge is 2.41. The smallest absolute Gasteiger partial charge is 0.243 e. The Labute approximate surface area is 139 Å². The third-order valence-electron chi connectivity index (χ3n) is 6.20. The van der Waals surface area contributed by atoms with Crippen molar-refractivity contribution < 1.29 is 9.59 Å². The highest BCUT2D eigenvalue weighted by molar-refractivity contribution is 5.87. The van der Waals surface area contributed by atoms with Crippen LogP contribution in [-0.2, 0) is 9.59 Å². The van der Waals surface area contributed by atoms with Crippen LogP contribution >= 0.6 is 0 Å². The highest BCUT2D eigenvalue weighted by atomic mass is 16.2. The number of hydrogen-bond donors (Lipinski definition) is 3. The van der Waals surface area contributed by atoms with E-state index in [9.17, 15) is 9.59 Å². The maximum atomic E-state index is 12.9. The molecule has 0 aromatic carbocycles. The van der Waals surface area contributed by atoms with Crippen LogP contribution in [0.4, 0.5) is 0 Å². The van der Waals surface area contributed by atoms with Gasteiger partial charge in [0, 0.05) is 19.0 Å². The van der Waals surface area contributed by atoms with E-state index in [1.165, 1.54) is 26.2 Å². The molecule has 3 unspecified atom stereocenters. The van der Waals surface area contributed by atoms with Crippen molar-refractivity contribution in [1.82, 2.24) is 10.6 Å². The fourth-order valence-corrected chi connectivity index (χ4v) is 5.19. The van der Waals surface area contributed by atoms with E-state index in [1.807, 2.05) is 0 Å². The summed E-state index contributed by atoms with van der Waals surface area (Å²) in [5, 5.41) is 6.22. The van der Waals surface area contributed by atoms with Gasteiger partial charge in [-0.25, -0.2) is 0 Å². The molecule has 2 amide bonds. The van der Waals surface area contributed by atoms with Gasteiger partial charge in [-0.3, -0.25) is 9.59 Å².